The van der Waals surface area contributed by atoms with Crippen molar-refractivity contribution in [2.75, 3.05) is 26.9 Å². The molecule has 3 aromatic rings. The zero-order valence-electron chi connectivity index (χ0n) is 14.5. The molecule has 1 amide bonds. The molecule has 0 aliphatic carbocycles. The Morgan fingerprint density at radius 2 is 2.04 bits per heavy atom. The number of aromatic nitrogens is 2. The number of thiophene rings is 1. The molecule has 1 N–H and O–H groups in total. The first kappa shape index (κ1) is 18.1. The van der Waals surface area contributed by atoms with Crippen LogP contribution < -0.4 is 5.32 Å². The highest BCUT2D eigenvalue weighted by Crippen LogP contribution is 2.30. The number of nitrogens with one attached hydrogen (secondary N) is 1. The topological polar surface area (TPSA) is 82.4 Å². The zero-order chi connectivity index (χ0) is 18.5. The normalized spacial score (nSPS) is 10.8. The summed E-state index contributed by atoms with van der Waals surface area (Å²) in [5, 5.41) is 8.03. The van der Waals surface area contributed by atoms with Crippen LogP contribution in [0, 0.1) is 6.92 Å². The van der Waals surface area contributed by atoms with Crippen LogP contribution in [-0.2, 0) is 14.3 Å². The van der Waals surface area contributed by atoms with Crippen LogP contribution in [0.2, 0.25) is 0 Å². The van der Waals surface area contributed by atoms with Crippen LogP contribution in [0.3, 0.4) is 0 Å². The van der Waals surface area contributed by atoms with E-state index in [1.807, 2.05) is 41.9 Å². The number of esters is 1. The van der Waals surface area contributed by atoms with Gasteiger partial charge < -0.3 is 14.8 Å². The van der Waals surface area contributed by atoms with Crippen molar-refractivity contribution in [3.63, 3.8) is 0 Å². The summed E-state index contributed by atoms with van der Waals surface area (Å²) in [6, 6.07) is 11.5. The zero-order valence-corrected chi connectivity index (χ0v) is 15.3. The number of nitrogens with zero attached hydrogens (tertiary/aromatic N) is 2. The van der Waals surface area contributed by atoms with Gasteiger partial charge in [-0.3, -0.25) is 4.79 Å². The molecular weight excluding hydrogens is 354 g/mol. The Morgan fingerprint density at radius 3 is 2.77 bits per heavy atom. The average Bonchev–Trinajstić information content (AvgIpc) is 3.21. The highest BCUT2D eigenvalue weighted by molar-refractivity contribution is 7.20. The van der Waals surface area contributed by atoms with Crippen molar-refractivity contribution in [1.82, 2.24) is 15.1 Å². The van der Waals surface area contributed by atoms with Gasteiger partial charge in [-0.25, -0.2) is 9.48 Å². The van der Waals surface area contributed by atoms with Gasteiger partial charge in [0.15, 0.2) is 6.61 Å². The van der Waals surface area contributed by atoms with E-state index in [4.69, 9.17) is 9.47 Å². The van der Waals surface area contributed by atoms with E-state index in [1.165, 1.54) is 11.3 Å². The second kappa shape index (κ2) is 8.11. The van der Waals surface area contributed by atoms with Gasteiger partial charge in [0, 0.05) is 19.0 Å². The summed E-state index contributed by atoms with van der Waals surface area (Å²) in [6.45, 7) is 2.36. The quantitative estimate of drug-likeness (QED) is 0.508. The van der Waals surface area contributed by atoms with Crippen LogP contribution in [0.1, 0.15) is 15.4 Å². The lowest BCUT2D eigenvalue weighted by Crippen LogP contribution is -2.31. The second-order valence-electron chi connectivity index (χ2n) is 5.58. The van der Waals surface area contributed by atoms with Crippen molar-refractivity contribution in [3.05, 3.63) is 47.0 Å². The highest BCUT2D eigenvalue weighted by atomic mass is 32.1. The Balaban J connectivity index is 1.73. The van der Waals surface area contributed by atoms with Crippen molar-refractivity contribution >= 4 is 33.4 Å². The molecule has 136 valence electrons. The van der Waals surface area contributed by atoms with Crippen molar-refractivity contribution in [2.45, 2.75) is 6.92 Å². The fourth-order valence-corrected chi connectivity index (χ4v) is 3.51. The maximum atomic E-state index is 12.3. The lowest BCUT2D eigenvalue weighted by atomic mass is 10.3. The Morgan fingerprint density at radius 1 is 1.27 bits per heavy atom. The molecule has 0 bridgehead atoms. The molecule has 26 heavy (non-hydrogen) atoms. The minimum absolute atomic E-state index is 0.319. The van der Waals surface area contributed by atoms with Gasteiger partial charge in [0.25, 0.3) is 5.91 Å². The van der Waals surface area contributed by atoms with Crippen molar-refractivity contribution in [2.24, 2.45) is 0 Å². The van der Waals surface area contributed by atoms with E-state index in [0.717, 1.165) is 21.6 Å². The first-order valence-corrected chi connectivity index (χ1v) is 8.89. The first-order chi connectivity index (χ1) is 12.6. The van der Waals surface area contributed by atoms with Crippen molar-refractivity contribution < 1.29 is 19.1 Å². The number of methoxy groups -OCH3 is 1. The molecule has 8 heteroatoms. The number of para-hydroxylation sites is 1. The first-order valence-electron chi connectivity index (χ1n) is 8.07. The van der Waals surface area contributed by atoms with Gasteiger partial charge in [0.05, 0.1) is 18.0 Å². The van der Waals surface area contributed by atoms with Gasteiger partial charge in [0.2, 0.25) is 0 Å². The summed E-state index contributed by atoms with van der Waals surface area (Å²) in [5.41, 5.74) is 1.75. The molecule has 0 aliphatic rings. The summed E-state index contributed by atoms with van der Waals surface area (Å²) in [4.78, 5) is 25.2. The molecule has 7 nitrogen and oxygen atoms in total. The molecule has 0 aliphatic heterocycles. The third kappa shape index (κ3) is 3.92. The van der Waals surface area contributed by atoms with Gasteiger partial charge in [-0.15, -0.1) is 11.3 Å². The largest absolute Gasteiger partial charge is 0.451 e. The molecule has 0 saturated carbocycles. The minimum Gasteiger partial charge on any atom is -0.451 e. The number of fused-ring (bicyclic) bond motifs is 1. The van der Waals surface area contributed by atoms with E-state index in [9.17, 15) is 9.59 Å². The molecule has 0 fully saturated rings. The lowest BCUT2D eigenvalue weighted by Gasteiger charge is -2.05. The molecule has 3 rings (SSSR count). The van der Waals surface area contributed by atoms with Crippen LogP contribution >= 0.6 is 11.3 Å². The summed E-state index contributed by atoms with van der Waals surface area (Å²) in [7, 11) is 1.55. The van der Waals surface area contributed by atoms with E-state index in [2.05, 4.69) is 10.4 Å². The maximum Gasteiger partial charge on any atom is 0.348 e. The van der Waals surface area contributed by atoms with Crippen LogP contribution in [0.15, 0.2) is 36.4 Å². The smallest absolute Gasteiger partial charge is 0.348 e. The molecule has 0 spiro atoms. The Labute approximate surface area is 154 Å². The Bertz CT molecular complexity index is 917. The number of carbonyl (C=O) groups excluding carboxylic acids is 2. The fraction of sp³-hybridized carbons (Fsp3) is 0.278. The van der Waals surface area contributed by atoms with Crippen molar-refractivity contribution in [3.8, 4) is 5.69 Å². The Hall–Kier alpha value is -2.71. The van der Waals surface area contributed by atoms with Gasteiger partial charge in [0.1, 0.15) is 9.71 Å². The van der Waals surface area contributed by atoms with E-state index in [0.29, 0.717) is 18.0 Å². The number of rotatable bonds is 7. The van der Waals surface area contributed by atoms with Crippen LogP contribution in [0.4, 0.5) is 0 Å². The standard InChI is InChI=1S/C18H19N3O4S/c1-12-14-10-15(18(23)25-11-16(22)19-8-9-24-2)26-17(14)21(20-12)13-6-4-3-5-7-13/h3-7,10H,8-9,11H2,1-2H3,(H,19,22). The summed E-state index contributed by atoms with van der Waals surface area (Å²) < 4.78 is 11.7. The number of carbonyl (C=O) groups is 2. The van der Waals surface area contributed by atoms with Gasteiger partial charge in [-0.2, -0.15) is 5.10 Å². The molecule has 0 atom stereocenters. The lowest BCUT2D eigenvalue weighted by molar-refractivity contribution is -0.124. The van der Waals surface area contributed by atoms with E-state index >= 15 is 0 Å². The molecule has 1 aromatic carbocycles. The van der Waals surface area contributed by atoms with E-state index in [-0.39, 0.29) is 12.5 Å². The van der Waals surface area contributed by atoms with Crippen LogP contribution in [-0.4, -0.2) is 48.5 Å². The van der Waals surface area contributed by atoms with Crippen LogP contribution in [0.5, 0.6) is 0 Å². The highest BCUT2D eigenvalue weighted by Gasteiger charge is 2.18. The Kier molecular flexibility index (Phi) is 5.65. The number of benzene rings is 1. The van der Waals surface area contributed by atoms with Gasteiger partial charge in [-0.1, -0.05) is 18.2 Å². The predicted molar refractivity (Wildman–Crippen MR) is 98.9 cm³/mol. The molecule has 0 radical (unpaired) electrons. The molecule has 0 unspecified atom stereocenters. The number of hydrogen-bond acceptors (Lipinski definition) is 6. The summed E-state index contributed by atoms with van der Waals surface area (Å²) in [5.74, 6) is -0.879. The van der Waals surface area contributed by atoms with Crippen molar-refractivity contribution in [1.29, 1.82) is 0 Å². The number of aryl methyl sites for hydroxylation is 1. The molecule has 2 aromatic heterocycles. The van der Waals surface area contributed by atoms with Gasteiger partial charge >= 0.3 is 5.97 Å². The number of amides is 1. The minimum atomic E-state index is -0.521. The van der Waals surface area contributed by atoms with Gasteiger partial charge in [-0.05, 0) is 25.1 Å². The number of ether oxygens (including phenoxy) is 2. The maximum absolute atomic E-state index is 12.3. The third-order valence-electron chi connectivity index (χ3n) is 3.71. The van der Waals surface area contributed by atoms with E-state index in [1.54, 1.807) is 13.2 Å². The monoisotopic (exact) mass is 373 g/mol. The second-order valence-corrected chi connectivity index (χ2v) is 6.61. The third-order valence-corrected chi connectivity index (χ3v) is 4.80. The number of hydrogen-bond donors (Lipinski definition) is 1. The van der Waals surface area contributed by atoms with Crippen LogP contribution in [0.25, 0.3) is 15.9 Å². The molecular formula is C18H19N3O4S. The van der Waals surface area contributed by atoms with E-state index < -0.39 is 5.97 Å². The SMILES string of the molecule is COCCNC(=O)COC(=O)c1cc2c(C)nn(-c3ccccc3)c2s1. The average molecular weight is 373 g/mol. The summed E-state index contributed by atoms with van der Waals surface area (Å²) >= 11 is 1.30. The predicted octanol–water partition coefficient (Wildman–Crippen LogP) is 2.31. The molecule has 0 saturated heterocycles. The fourth-order valence-electron chi connectivity index (χ4n) is 2.44. The molecule has 2 heterocycles. The summed E-state index contributed by atoms with van der Waals surface area (Å²) in [6.07, 6.45) is 0.